The van der Waals surface area contributed by atoms with Gasteiger partial charge in [0.15, 0.2) is 0 Å². The zero-order chi connectivity index (χ0) is 14.3. The first-order valence-electron chi connectivity index (χ1n) is 6.68. The molecule has 0 saturated heterocycles. The molecule has 0 saturated carbocycles. The molecule has 1 aromatic carbocycles. The number of benzene rings is 1. The molecule has 4 heteroatoms. The maximum atomic E-state index is 12.3. The smallest absolute Gasteiger partial charge is 0.236 e. The molecule has 1 amide bonds. The molecule has 1 N–H and O–H groups in total. The van der Waals surface area contributed by atoms with E-state index >= 15 is 0 Å². The van der Waals surface area contributed by atoms with Crippen molar-refractivity contribution < 1.29 is 9.90 Å². The van der Waals surface area contributed by atoms with Gasteiger partial charge in [-0.3, -0.25) is 4.79 Å². The average molecular weight is 281 g/mol. The van der Waals surface area contributed by atoms with Gasteiger partial charge in [-0.15, -0.1) is 11.8 Å². The Labute approximate surface area is 120 Å². The number of aliphatic hydroxyl groups is 1. The van der Waals surface area contributed by atoms with E-state index in [1.165, 1.54) is 0 Å². The van der Waals surface area contributed by atoms with Gasteiger partial charge in [-0.2, -0.15) is 0 Å². The Morgan fingerprint density at radius 3 is 2.68 bits per heavy atom. The molecule has 0 radical (unpaired) electrons. The summed E-state index contributed by atoms with van der Waals surface area (Å²) in [5.74, 6) is 0.593. The summed E-state index contributed by atoms with van der Waals surface area (Å²) in [4.78, 5) is 14.1. The second-order valence-electron chi connectivity index (χ2n) is 4.56. The standard InChI is InChI=1S/C15H23NO2S/c1-4-16(14-8-6-5-7-12(14)2)15(18)11-19-13(3)9-10-17/h5-8,13,17H,4,9-11H2,1-3H3. The molecule has 0 fully saturated rings. The van der Waals surface area contributed by atoms with Crippen LogP contribution in [0.5, 0.6) is 0 Å². The van der Waals surface area contributed by atoms with E-state index in [-0.39, 0.29) is 12.5 Å². The molecule has 1 aromatic rings. The van der Waals surface area contributed by atoms with E-state index < -0.39 is 0 Å². The van der Waals surface area contributed by atoms with Gasteiger partial charge < -0.3 is 10.0 Å². The van der Waals surface area contributed by atoms with Crippen LogP contribution in [0.1, 0.15) is 25.8 Å². The van der Waals surface area contributed by atoms with Crippen LogP contribution in [0.3, 0.4) is 0 Å². The maximum Gasteiger partial charge on any atom is 0.236 e. The molecule has 1 unspecified atom stereocenters. The fourth-order valence-electron chi connectivity index (χ4n) is 1.90. The predicted octanol–water partition coefficient (Wildman–Crippen LogP) is 2.85. The van der Waals surface area contributed by atoms with E-state index in [1.54, 1.807) is 11.8 Å². The molecule has 0 heterocycles. The molecule has 0 aliphatic rings. The topological polar surface area (TPSA) is 40.5 Å². The van der Waals surface area contributed by atoms with E-state index in [2.05, 4.69) is 0 Å². The van der Waals surface area contributed by atoms with Crippen molar-refractivity contribution in [3.8, 4) is 0 Å². The van der Waals surface area contributed by atoms with Crippen LogP contribution in [0.2, 0.25) is 0 Å². The van der Waals surface area contributed by atoms with E-state index in [4.69, 9.17) is 5.11 Å². The summed E-state index contributed by atoms with van der Waals surface area (Å²) in [6.45, 7) is 6.91. The Bertz CT molecular complexity index is 409. The molecule has 1 rings (SSSR count). The molecule has 0 aromatic heterocycles. The highest BCUT2D eigenvalue weighted by Gasteiger charge is 2.16. The lowest BCUT2D eigenvalue weighted by Gasteiger charge is -2.23. The molecule has 106 valence electrons. The number of amides is 1. The van der Waals surface area contributed by atoms with Crippen LogP contribution in [0.15, 0.2) is 24.3 Å². The molecular formula is C15H23NO2S. The van der Waals surface area contributed by atoms with Crippen LogP contribution >= 0.6 is 11.8 Å². The average Bonchev–Trinajstić information content (AvgIpc) is 2.40. The monoisotopic (exact) mass is 281 g/mol. The number of para-hydroxylation sites is 1. The van der Waals surface area contributed by atoms with Crippen molar-refractivity contribution in [2.45, 2.75) is 32.4 Å². The molecular weight excluding hydrogens is 258 g/mol. The Kier molecular flexibility index (Phi) is 6.95. The first-order chi connectivity index (χ1) is 9.10. The summed E-state index contributed by atoms with van der Waals surface area (Å²) in [7, 11) is 0. The van der Waals surface area contributed by atoms with Gasteiger partial charge in [-0.1, -0.05) is 25.1 Å². The summed E-state index contributed by atoms with van der Waals surface area (Å²) < 4.78 is 0. The van der Waals surface area contributed by atoms with Crippen molar-refractivity contribution in [1.29, 1.82) is 0 Å². The van der Waals surface area contributed by atoms with Crippen molar-refractivity contribution in [1.82, 2.24) is 0 Å². The van der Waals surface area contributed by atoms with E-state index in [9.17, 15) is 4.79 Å². The molecule has 0 spiro atoms. The number of rotatable bonds is 7. The molecule has 19 heavy (non-hydrogen) atoms. The number of aryl methyl sites for hydroxylation is 1. The highest BCUT2D eigenvalue weighted by Crippen LogP contribution is 2.21. The molecule has 0 bridgehead atoms. The van der Waals surface area contributed by atoms with Gasteiger partial charge in [0, 0.05) is 24.1 Å². The van der Waals surface area contributed by atoms with Crippen molar-refractivity contribution in [2.24, 2.45) is 0 Å². The number of nitrogens with zero attached hydrogens (tertiary/aromatic N) is 1. The lowest BCUT2D eigenvalue weighted by atomic mass is 10.2. The van der Waals surface area contributed by atoms with Gasteiger partial charge in [0.1, 0.15) is 0 Å². The van der Waals surface area contributed by atoms with E-state index in [1.807, 2.05) is 49.9 Å². The third kappa shape index (κ3) is 4.88. The Morgan fingerprint density at radius 2 is 2.11 bits per heavy atom. The minimum atomic E-state index is 0.131. The molecule has 3 nitrogen and oxygen atoms in total. The second-order valence-corrected chi connectivity index (χ2v) is 5.99. The van der Waals surface area contributed by atoms with Crippen molar-refractivity contribution in [3.05, 3.63) is 29.8 Å². The van der Waals surface area contributed by atoms with Gasteiger partial charge >= 0.3 is 0 Å². The minimum Gasteiger partial charge on any atom is -0.396 e. The van der Waals surface area contributed by atoms with Crippen molar-refractivity contribution >= 4 is 23.4 Å². The van der Waals surface area contributed by atoms with Crippen molar-refractivity contribution in [3.63, 3.8) is 0 Å². The third-order valence-electron chi connectivity index (χ3n) is 3.05. The number of anilines is 1. The lowest BCUT2D eigenvalue weighted by molar-refractivity contribution is -0.116. The number of carbonyl (C=O) groups is 1. The van der Waals surface area contributed by atoms with Gasteiger partial charge in [-0.05, 0) is 31.9 Å². The van der Waals surface area contributed by atoms with Crippen LogP contribution in [-0.2, 0) is 4.79 Å². The number of carbonyl (C=O) groups excluding carboxylic acids is 1. The van der Waals surface area contributed by atoms with E-state index in [0.29, 0.717) is 17.5 Å². The fourth-order valence-corrected chi connectivity index (χ4v) is 2.76. The first-order valence-corrected chi connectivity index (χ1v) is 7.73. The summed E-state index contributed by atoms with van der Waals surface area (Å²) >= 11 is 1.60. The second kappa shape index (κ2) is 8.23. The summed E-state index contributed by atoms with van der Waals surface area (Å²) in [5, 5.41) is 9.17. The Hall–Kier alpha value is -1.00. The van der Waals surface area contributed by atoms with Gasteiger partial charge in [-0.25, -0.2) is 0 Å². The lowest BCUT2D eigenvalue weighted by Crippen LogP contribution is -2.33. The largest absolute Gasteiger partial charge is 0.396 e. The van der Waals surface area contributed by atoms with Crippen LogP contribution in [-0.4, -0.2) is 35.2 Å². The third-order valence-corrected chi connectivity index (χ3v) is 4.27. The zero-order valence-corrected chi connectivity index (χ0v) is 12.7. The molecule has 0 aliphatic heterocycles. The van der Waals surface area contributed by atoms with E-state index in [0.717, 1.165) is 17.7 Å². The Balaban J connectivity index is 2.65. The highest BCUT2D eigenvalue weighted by atomic mass is 32.2. The van der Waals surface area contributed by atoms with Gasteiger partial charge in [0.25, 0.3) is 0 Å². The van der Waals surface area contributed by atoms with Crippen LogP contribution < -0.4 is 4.90 Å². The number of thioether (sulfide) groups is 1. The molecule has 0 aliphatic carbocycles. The highest BCUT2D eigenvalue weighted by molar-refractivity contribution is 8.00. The SMILES string of the molecule is CCN(C(=O)CSC(C)CCO)c1ccccc1C. The summed E-state index contributed by atoms with van der Waals surface area (Å²) in [5.41, 5.74) is 2.11. The fraction of sp³-hybridized carbons (Fsp3) is 0.533. The zero-order valence-electron chi connectivity index (χ0n) is 11.9. The van der Waals surface area contributed by atoms with Crippen LogP contribution in [0, 0.1) is 6.92 Å². The predicted molar refractivity (Wildman–Crippen MR) is 82.8 cm³/mol. The van der Waals surface area contributed by atoms with Gasteiger partial charge in [0.05, 0.1) is 5.75 Å². The first kappa shape index (κ1) is 16.1. The number of hydrogen-bond acceptors (Lipinski definition) is 3. The van der Waals surface area contributed by atoms with Crippen LogP contribution in [0.25, 0.3) is 0 Å². The van der Waals surface area contributed by atoms with Gasteiger partial charge in [0.2, 0.25) is 5.91 Å². The summed E-state index contributed by atoms with van der Waals surface area (Å²) in [6, 6.07) is 7.94. The Morgan fingerprint density at radius 1 is 1.42 bits per heavy atom. The quantitative estimate of drug-likeness (QED) is 0.835. The maximum absolute atomic E-state index is 12.3. The normalized spacial score (nSPS) is 12.2. The minimum absolute atomic E-state index is 0.131. The van der Waals surface area contributed by atoms with Crippen LogP contribution in [0.4, 0.5) is 5.69 Å². The summed E-state index contributed by atoms with van der Waals surface area (Å²) in [6.07, 6.45) is 0.731. The van der Waals surface area contributed by atoms with Crippen molar-refractivity contribution in [2.75, 3.05) is 23.8 Å². The number of hydrogen-bond donors (Lipinski definition) is 1. The number of aliphatic hydroxyl groups excluding tert-OH is 1. The molecule has 1 atom stereocenters.